The molecular weight excluding hydrogens is 256 g/mol. The summed E-state index contributed by atoms with van der Waals surface area (Å²) in [4.78, 5) is 12.8. The number of carbonyl (C=O) groups is 1. The molecule has 2 N–H and O–H groups in total. The molecule has 0 saturated carbocycles. The van der Waals surface area contributed by atoms with Gasteiger partial charge >= 0.3 is 0 Å². The standard InChI is InChI=1S/C14H22N4O2/c19-13(17-12-3-1-10-20-11-12)14(4-7-15-8-5-14)18-9-2-6-16-18/h2,6,9,12,15H,1,3-5,7-8,10-11H2,(H,17,19). The van der Waals surface area contributed by atoms with E-state index in [-0.39, 0.29) is 11.9 Å². The van der Waals surface area contributed by atoms with Gasteiger partial charge in [-0.25, -0.2) is 0 Å². The van der Waals surface area contributed by atoms with Gasteiger partial charge in [-0.2, -0.15) is 5.10 Å². The Kier molecular flexibility index (Phi) is 4.03. The van der Waals surface area contributed by atoms with Gasteiger partial charge < -0.3 is 15.4 Å². The maximum Gasteiger partial charge on any atom is 0.248 e. The first-order valence-corrected chi connectivity index (χ1v) is 7.41. The van der Waals surface area contributed by atoms with Crippen molar-refractivity contribution in [3.8, 4) is 0 Å². The van der Waals surface area contributed by atoms with Gasteiger partial charge in [0.2, 0.25) is 5.91 Å². The number of piperidine rings is 1. The second-order valence-electron chi connectivity index (χ2n) is 5.62. The normalized spacial score (nSPS) is 26.1. The highest BCUT2D eigenvalue weighted by molar-refractivity contribution is 5.84. The predicted molar refractivity (Wildman–Crippen MR) is 74.3 cm³/mol. The Morgan fingerprint density at radius 1 is 1.45 bits per heavy atom. The Morgan fingerprint density at radius 3 is 2.95 bits per heavy atom. The molecule has 3 heterocycles. The van der Waals surface area contributed by atoms with E-state index in [0.29, 0.717) is 6.61 Å². The minimum atomic E-state index is -0.549. The van der Waals surface area contributed by atoms with Crippen molar-refractivity contribution in [2.24, 2.45) is 0 Å². The Balaban J connectivity index is 1.76. The van der Waals surface area contributed by atoms with E-state index in [0.717, 1.165) is 45.4 Å². The number of hydrogen-bond acceptors (Lipinski definition) is 4. The average Bonchev–Trinajstić information content (AvgIpc) is 3.04. The van der Waals surface area contributed by atoms with Crippen LogP contribution in [0, 0.1) is 0 Å². The highest BCUT2D eigenvalue weighted by Gasteiger charge is 2.42. The number of amides is 1. The number of aromatic nitrogens is 2. The quantitative estimate of drug-likeness (QED) is 0.832. The fourth-order valence-electron chi connectivity index (χ4n) is 3.10. The van der Waals surface area contributed by atoms with Crippen LogP contribution in [0.25, 0.3) is 0 Å². The molecule has 0 spiro atoms. The lowest BCUT2D eigenvalue weighted by molar-refractivity contribution is -0.133. The predicted octanol–water partition coefficient (Wildman–Crippen LogP) is 0.257. The van der Waals surface area contributed by atoms with Crippen LogP contribution < -0.4 is 10.6 Å². The zero-order valence-electron chi connectivity index (χ0n) is 11.7. The van der Waals surface area contributed by atoms with E-state index in [2.05, 4.69) is 15.7 Å². The molecule has 2 fully saturated rings. The van der Waals surface area contributed by atoms with Crippen LogP contribution in [0.4, 0.5) is 0 Å². The SMILES string of the molecule is O=C(NC1CCCOC1)C1(n2cccn2)CCNCC1. The van der Waals surface area contributed by atoms with Gasteiger partial charge in [0, 0.05) is 19.0 Å². The molecule has 6 heteroatoms. The molecular formula is C14H22N4O2. The molecule has 0 radical (unpaired) electrons. The van der Waals surface area contributed by atoms with E-state index in [1.54, 1.807) is 6.20 Å². The number of ether oxygens (including phenoxy) is 1. The van der Waals surface area contributed by atoms with Crippen LogP contribution in [-0.2, 0) is 15.1 Å². The molecule has 1 aromatic rings. The van der Waals surface area contributed by atoms with Gasteiger partial charge in [0.15, 0.2) is 0 Å². The largest absolute Gasteiger partial charge is 0.379 e. The number of nitrogens with one attached hydrogen (secondary N) is 2. The Morgan fingerprint density at radius 2 is 2.30 bits per heavy atom. The molecule has 2 aliphatic rings. The van der Waals surface area contributed by atoms with Crippen molar-refractivity contribution >= 4 is 5.91 Å². The smallest absolute Gasteiger partial charge is 0.248 e. The van der Waals surface area contributed by atoms with E-state index < -0.39 is 5.54 Å². The van der Waals surface area contributed by atoms with E-state index >= 15 is 0 Å². The lowest BCUT2D eigenvalue weighted by Crippen LogP contribution is -2.57. The molecule has 6 nitrogen and oxygen atoms in total. The average molecular weight is 278 g/mol. The van der Waals surface area contributed by atoms with Crippen molar-refractivity contribution in [2.45, 2.75) is 37.3 Å². The highest BCUT2D eigenvalue weighted by Crippen LogP contribution is 2.27. The summed E-state index contributed by atoms with van der Waals surface area (Å²) in [5, 5.41) is 10.8. The molecule has 0 aliphatic carbocycles. The second-order valence-corrected chi connectivity index (χ2v) is 5.62. The molecule has 1 aromatic heterocycles. The van der Waals surface area contributed by atoms with Gasteiger partial charge in [-0.3, -0.25) is 9.48 Å². The summed E-state index contributed by atoms with van der Waals surface area (Å²) in [6.45, 7) is 3.11. The summed E-state index contributed by atoms with van der Waals surface area (Å²) in [5.74, 6) is 0.0817. The summed E-state index contributed by atoms with van der Waals surface area (Å²) in [6.07, 6.45) is 7.19. The Bertz CT molecular complexity index is 434. The fourth-order valence-corrected chi connectivity index (χ4v) is 3.10. The van der Waals surface area contributed by atoms with Gasteiger partial charge in [0.1, 0.15) is 5.54 Å². The van der Waals surface area contributed by atoms with Crippen molar-refractivity contribution in [1.82, 2.24) is 20.4 Å². The molecule has 2 aliphatic heterocycles. The van der Waals surface area contributed by atoms with Crippen molar-refractivity contribution in [3.63, 3.8) is 0 Å². The summed E-state index contributed by atoms with van der Waals surface area (Å²) in [7, 11) is 0. The topological polar surface area (TPSA) is 68.2 Å². The molecule has 1 amide bonds. The molecule has 1 atom stereocenters. The van der Waals surface area contributed by atoms with Crippen LogP contribution in [0.2, 0.25) is 0 Å². The van der Waals surface area contributed by atoms with E-state index in [9.17, 15) is 4.79 Å². The van der Waals surface area contributed by atoms with Gasteiger partial charge in [0.25, 0.3) is 0 Å². The molecule has 0 bridgehead atoms. The lowest BCUT2D eigenvalue weighted by atomic mass is 9.87. The molecule has 0 aromatic carbocycles. The van der Waals surface area contributed by atoms with Crippen molar-refractivity contribution in [2.75, 3.05) is 26.3 Å². The first-order valence-electron chi connectivity index (χ1n) is 7.41. The van der Waals surface area contributed by atoms with Gasteiger partial charge in [-0.1, -0.05) is 0 Å². The molecule has 2 saturated heterocycles. The third-order valence-electron chi connectivity index (χ3n) is 4.29. The number of nitrogens with zero attached hydrogens (tertiary/aromatic N) is 2. The number of carbonyl (C=O) groups excluding carboxylic acids is 1. The summed E-state index contributed by atoms with van der Waals surface area (Å²) >= 11 is 0. The maximum absolute atomic E-state index is 12.8. The minimum absolute atomic E-state index is 0.0817. The third kappa shape index (κ3) is 2.58. The number of hydrogen-bond donors (Lipinski definition) is 2. The first kappa shape index (κ1) is 13.6. The van der Waals surface area contributed by atoms with Crippen molar-refractivity contribution in [3.05, 3.63) is 18.5 Å². The fraction of sp³-hybridized carbons (Fsp3) is 0.714. The minimum Gasteiger partial charge on any atom is -0.379 e. The van der Waals surface area contributed by atoms with Crippen LogP contribution >= 0.6 is 0 Å². The zero-order chi connectivity index (χ0) is 13.8. The third-order valence-corrected chi connectivity index (χ3v) is 4.29. The zero-order valence-corrected chi connectivity index (χ0v) is 11.7. The molecule has 1 unspecified atom stereocenters. The Labute approximate surface area is 118 Å². The van der Waals surface area contributed by atoms with Crippen LogP contribution in [0.15, 0.2) is 18.5 Å². The lowest BCUT2D eigenvalue weighted by Gasteiger charge is -2.38. The molecule has 110 valence electrons. The van der Waals surface area contributed by atoms with E-state index in [1.807, 2.05) is 16.9 Å². The van der Waals surface area contributed by atoms with Crippen LogP contribution in [0.1, 0.15) is 25.7 Å². The maximum atomic E-state index is 12.8. The Hall–Kier alpha value is -1.40. The summed E-state index contributed by atoms with van der Waals surface area (Å²) < 4.78 is 7.27. The number of rotatable bonds is 3. The van der Waals surface area contributed by atoms with E-state index in [1.165, 1.54) is 0 Å². The van der Waals surface area contributed by atoms with Gasteiger partial charge in [-0.15, -0.1) is 0 Å². The van der Waals surface area contributed by atoms with Crippen LogP contribution in [0.5, 0.6) is 0 Å². The molecule has 20 heavy (non-hydrogen) atoms. The van der Waals surface area contributed by atoms with Crippen LogP contribution in [-0.4, -0.2) is 48.0 Å². The summed E-state index contributed by atoms with van der Waals surface area (Å²) in [5.41, 5.74) is -0.549. The van der Waals surface area contributed by atoms with Crippen molar-refractivity contribution < 1.29 is 9.53 Å². The van der Waals surface area contributed by atoms with E-state index in [4.69, 9.17) is 4.74 Å². The first-order chi connectivity index (χ1) is 9.81. The second kappa shape index (κ2) is 5.93. The van der Waals surface area contributed by atoms with Crippen molar-refractivity contribution in [1.29, 1.82) is 0 Å². The molecule has 3 rings (SSSR count). The van der Waals surface area contributed by atoms with Crippen LogP contribution in [0.3, 0.4) is 0 Å². The van der Waals surface area contributed by atoms with Gasteiger partial charge in [-0.05, 0) is 44.8 Å². The van der Waals surface area contributed by atoms with Gasteiger partial charge in [0.05, 0.1) is 12.6 Å². The summed E-state index contributed by atoms with van der Waals surface area (Å²) in [6, 6.07) is 2.01. The highest BCUT2D eigenvalue weighted by atomic mass is 16.5. The monoisotopic (exact) mass is 278 g/mol.